The van der Waals surface area contributed by atoms with Crippen LogP contribution in [0.1, 0.15) is 5.56 Å². The lowest BCUT2D eigenvalue weighted by Crippen LogP contribution is -2.47. The number of benzene rings is 1. The molecule has 25 heavy (non-hydrogen) atoms. The van der Waals surface area contributed by atoms with Crippen LogP contribution in [-0.4, -0.2) is 40.9 Å². The Labute approximate surface area is 149 Å². The molecule has 1 aliphatic heterocycles. The molecule has 1 saturated heterocycles. The molecule has 0 aliphatic carbocycles. The van der Waals surface area contributed by atoms with Crippen LogP contribution in [0.2, 0.25) is 0 Å². The lowest BCUT2D eigenvalue weighted by molar-refractivity contribution is 0.189. The van der Waals surface area contributed by atoms with Crippen LogP contribution in [0.5, 0.6) is 0 Å². The van der Waals surface area contributed by atoms with Gasteiger partial charge in [0.2, 0.25) is 0 Å². The van der Waals surface area contributed by atoms with Crippen molar-refractivity contribution >= 4 is 17.0 Å². The van der Waals surface area contributed by atoms with E-state index in [4.69, 9.17) is 4.42 Å². The minimum atomic E-state index is -0.399. The number of aryl methyl sites for hydroxylation is 1. The number of rotatable bonds is 4. The number of aromatic nitrogens is 2. The normalized spacial score (nSPS) is 15.6. The summed E-state index contributed by atoms with van der Waals surface area (Å²) < 4.78 is 6.69. The van der Waals surface area contributed by atoms with Gasteiger partial charge in [-0.25, -0.2) is 4.79 Å². The first-order valence-corrected chi connectivity index (χ1v) is 9.23. The molecule has 6 nitrogen and oxygen atoms in total. The molecule has 0 atom stereocenters. The third-order valence-corrected chi connectivity index (χ3v) is 5.27. The number of thiophene rings is 1. The molecule has 3 heterocycles. The minimum Gasteiger partial charge on any atom is -0.387 e. The van der Waals surface area contributed by atoms with Gasteiger partial charge in [-0.1, -0.05) is 18.2 Å². The molecule has 1 fully saturated rings. The number of anilines is 1. The third kappa shape index (κ3) is 3.52. The highest BCUT2D eigenvalue weighted by molar-refractivity contribution is 7.13. The first kappa shape index (κ1) is 16.1. The Kier molecular flexibility index (Phi) is 4.42. The zero-order chi connectivity index (χ0) is 17.2. The molecule has 1 aliphatic rings. The quantitative estimate of drug-likeness (QED) is 0.719. The van der Waals surface area contributed by atoms with Gasteiger partial charge in [0, 0.05) is 31.9 Å². The zero-order valence-electron chi connectivity index (χ0n) is 14.1. The molecule has 7 heteroatoms. The fourth-order valence-corrected chi connectivity index (χ4v) is 3.70. The molecular formula is C18H20N4O2S. The van der Waals surface area contributed by atoms with Gasteiger partial charge >= 0.3 is 5.76 Å². The molecule has 0 amide bonds. The zero-order valence-corrected chi connectivity index (χ0v) is 14.9. The summed E-state index contributed by atoms with van der Waals surface area (Å²) in [7, 11) is 0. The first-order chi connectivity index (χ1) is 12.2. The Hall–Kier alpha value is -2.38. The van der Waals surface area contributed by atoms with Crippen molar-refractivity contribution in [1.82, 2.24) is 14.7 Å². The van der Waals surface area contributed by atoms with Crippen LogP contribution in [0, 0.1) is 6.92 Å². The average molecular weight is 356 g/mol. The SMILES string of the molecule is Cc1cccc(N2CCN(Cn3nc(-c4cccs4)oc3=O)CC2)c1. The van der Waals surface area contributed by atoms with Gasteiger partial charge in [-0.15, -0.1) is 16.4 Å². The van der Waals surface area contributed by atoms with Crippen LogP contribution in [0.25, 0.3) is 10.8 Å². The van der Waals surface area contributed by atoms with Gasteiger partial charge in [0.05, 0.1) is 4.88 Å². The third-order valence-electron chi connectivity index (χ3n) is 4.41. The van der Waals surface area contributed by atoms with Gasteiger partial charge in [0.25, 0.3) is 5.89 Å². The van der Waals surface area contributed by atoms with Crippen LogP contribution in [0.4, 0.5) is 5.69 Å². The van der Waals surface area contributed by atoms with Crippen molar-refractivity contribution < 1.29 is 4.42 Å². The molecule has 0 bridgehead atoms. The van der Waals surface area contributed by atoms with E-state index in [9.17, 15) is 4.79 Å². The Bertz CT molecular complexity index is 892. The van der Waals surface area contributed by atoms with Crippen molar-refractivity contribution in [3.05, 3.63) is 57.9 Å². The fraction of sp³-hybridized carbons (Fsp3) is 0.333. The standard InChI is InChI=1S/C18H20N4O2S/c1-14-4-2-5-15(12-14)21-9-7-20(8-10-21)13-22-18(23)24-17(19-22)16-6-3-11-25-16/h2-6,11-12H,7-10,13H2,1H3. The predicted octanol–water partition coefficient (Wildman–Crippen LogP) is 2.65. The topological polar surface area (TPSA) is 54.5 Å². The molecule has 2 aromatic heterocycles. The van der Waals surface area contributed by atoms with Gasteiger partial charge in [0.15, 0.2) is 0 Å². The molecule has 4 rings (SSSR count). The summed E-state index contributed by atoms with van der Waals surface area (Å²) in [6, 6.07) is 12.4. The minimum absolute atomic E-state index is 0.399. The number of nitrogens with zero attached hydrogens (tertiary/aromatic N) is 4. The van der Waals surface area contributed by atoms with E-state index in [0.717, 1.165) is 31.1 Å². The second-order valence-corrected chi connectivity index (χ2v) is 7.18. The van der Waals surface area contributed by atoms with E-state index in [1.54, 1.807) is 0 Å². The molecule has 3 aromatic rings. The van der Waals surface area contributed by atoms with E-state index in [1.807, 2.05) is 17.5 Å². The molecule has 0 radical (unpaired) electrons. The average Bonchev–Trinajstić information content (AvgIpc) is 3.26. The van der Waals surface area contributed by atoms with E-state index in [-0.39, 0.29) is 0 Å². The number of hydrogen-bond donors (Lipinski definition) is 0. The van der Waals surface area contributed by atoms with Crippen molar-refractivity contribution in [2.24, 2.45) is 0 Å². The summed E-state index contributed by atoms with van der Waals surface area (Å²) in [4.78, 5) is 17.5. The van der Waals surface area contributed by atoms with E-state index >= 15 is 0 Å². The largest absolute Gasteiger partial charge is 0.438 e. The Balaban J connectivity index is 1.40. The van der Waals surface area contributed by atoms with Gasteiger partial charge in [-0.05, 0) is 36.1 Å². The highest BCUT2D eigenvalue weighted by Crippen LogP contribution is 2.21. The highest BCUT2D eigenvalue weighted by atomic mass is 32.1. The summed E-state index contributed by atoms with van der Waals surface area (Å²) in [5.41, 5.74) is 2.54. The van der Waals surface area contributed by atoms with Crippen molar-refractivity contribution in [1.29, 1.82) is 0 Å². The van der Waals surface area contributed by atoms with Gasteiger partial charge < -0.3 is 9.32 Å². The molecule has 0 N–H and O–H groups in total. The highest BCUT2D eigenvalue weighted by Gasteiger charge is 2.19. The lowest BCUT2D eigenvalue weighted by Gasteiger charge is -2.35. The van der Waals surface area contributed by atoms with Gasteiger partial charge in [-0.2, -0.15) is 4.68 Å². The van der Waals surface area contributed by atoms with Crippen LogP contribution in [0.3, 0.4) is 0 Å². The lowest BCUT2D eigenvalue weighted by atomic mass is 10.2. The van der Waals surface area contributed by atoms with E-state index in [2.05, 4.69) is 46.1 Å². The van der Waals surface area contributed by atoms with Crippen molar-refractivity contribution in [3.63, 3.8) is 0 Å². The second kappa shape index (κ2) is 6.85. The number of hydrogen-bond acceptors (Lipinski definition) is 6. The molecular weight excluding hydrogens is 336 g/mol. The molecule has 0 saturated carbocycles. The number of piperazine rings is 1. The molecule has 130 valence electrons. The van der Waals surface area contributed by atoms with Crippen molar-refractivity contribution in [3.8, 4) is 10.8 Å². The predicted molar refractivity (Wildman–Crippen MR) is 99.0 cm³/mol. The molecule has 1 aromatic carbocycles. The maximum absolute atomic E-state index is 12.0. The summed E-state index contributed by atoms with van der Waals surface area (Å²) in [5.74, 6) is 0.00269. The van der Waals surface area contributed by atoms with Crippen LogP contribution in [-0.2, 0) is 6.67 Å². The van der Waals surface area contributed by atoms with Gasteiger partial charge in [0.1, 0.15) is 6.67 Å². The molecule has 0 spiro atoms. The van der Waals surface area contributed by atoms with E-state index in [1.165, 1.54) is 27.3 Å². The maximum Gasteiger partial charge on any atom is 0.438 e. The summed E-state index contributed by atoms with van der Waals surface area (Å²) in [6.07, 6.45) is 0. The van der Waals surface area contributed by atoms with Crippen LogP contribution < -0.4 is 10.7 Å². The summed E-state index contributed by atoms with van der Waals surface area (Å²) in [6.45, 7) is 6.24. The smallest absolute Gasteiger partial charge is 0.387 e. The fourth-order valence-electron chi connectivity index (χ4n) is 3.06. The summed E-state index contributed by atoms with van der Waals surface area (Å²) in [5, 5.41) is 6.27. The Morgan fingerprint density at radius 2 is 2.00 bits per heavy atom. The van der Waals surface area contributed by atoms with Crippen LogP contribution >= 0.6 is 11.3 Å². The van der Waals surface area contributed by atoms with E-state index < -0.39 is 5.76 Å². The maximum atomic E-state index is 12.0. The van der Waals surface area contributed by atoms with E-state index in [0.29, 0.717) is 12.6 Å². The summed E-state index contributed by atoms with van der Waals surface area (Å²) >= 11 is 1.51. The van der Waals surface area contributed by atoms with Crippen molar-refractivity contribution in [2.75, 3.05) is 31.1 Å². The van der Waals surface area contributed by atoms with Crippen molar-refractivity contribution in [2.45, 2.75) is 13.6 Å². The van der Waals surface area contributed by atoms with Gasteiger partial charge in [-0.3, -0.25) is 4.90 Å². The monoisotopic (exact) mass is 356 g/mol. The van der Waals surface area contributed by atoms with Crippen LogP contribution in [0.15, 0.2) is 51.0 Å². The first-order valence-electron chi connectivity index (χ1n) is 8.35. The Morgan fingerprint density at radius 1 is 1.16 bits per heavy atom. The molecule has 0 unspecified atom stereocenters. The Morgan fingerprint density at radius 3 is 2.72 bits per heavy atom. The second-order valence-electron chi connectivity index (χ2n) is 6.24.